The lowest BCUT2D eigenvalue weighted by molar-refractivity contribution is 0.392. The standard InChI is InChI=1S/C16H20BrNO2S/c1-4-5-18-16(14-9-21-10-15(14)17)11-6-12(19-2)8-13(7-11)20-3/h6-10,16,18H,4-5H2,1-3H3. The number of ether oxygens (including phenoxy) is 2. The molecular weight excluding hydrogens is 350 g/mol. The predicted octanol–water partition coefficient (Wildman–Crippen LogP) is 4.62. The van der Waals surface area contributed by atoms with Gasteiger partial charge in [0.1, 0.15) is 11.5 Å². The van der Waals surface area contributed by atoms with Crippen molar-refractivity contribution in [2.75, 3.05) is 20.8 Å². The fourth-order valence-electron chi connectivity index (χ4n) is 2.19. The van der Waals surface area contributed by atoms with E-state index >= 15 is 0 Å². The Labute approximate surface area is 138 Å². The fourth-order valence-corrected chi connectivity index (χ4v) is 3.74. The molecule has 1 unspecified atom stereocenters. The number of rotatable bonds is 7. The van der Waals surface area contributed by atoms with E-state index in [0.717, 1.165) is 34.5 Å². The molecule has 1 heterocycles. The van der Waals surface area contributed by atoms with Crippen LogP contribution in [0.1, 0.15) is 30.5 Å². The summed E-state index contributed by atoms with van der Waals surface area (Å²) < 4.78 is 11.9. The minimum Gasteiger partial charge on any atom is -0.497 e. The van der Waals surface area contributed by atoms with Gasteiger partial charge in [0.2, 0.25) is 0 Å². The van der Waals surface area contributed by atoms with Gasteiger partial charge in [-0.3, -0.25) is 0 Å². The summed E-state index contributed by atoms with van der Waals surface area (Å²) in [4.78, 5) is 0. The van der Waals surface area contributed by atoms with Crippen molar-refractivity contribution in [2.45, 2.75) is 19.4 Å². The first-order valence-electron chi connectivity index (χ1n) is 6.87. The zero-order valence-corrected chi connectivity index (χ0v) is 14.9. The summed E-state index contributed by atoms with van der Waals surface area (Å²) in [6, 6.07) is 6.12. The van der Waals surface area contributed by atoms with E-state index in [-0.39, 0.29) is 6.04 Å². The second-order valence-electron chi connectivity index (χ2n) is 4.71. The van der Waals surface area contributed by atoms with Gasteiger partial charge in [-0.25, -0.2) is 0 Å². The average molecular weight is 370 g/mol. The van der Waals surface area contributed by atoms with Crippen molar-refractivity contribution < 1.29 is 9.47 Å². The van der Waals surface area contributed by atoms with E-state index in [1.54, 1.807) is 25.6 Å². The molecule has 1 aromatic heterocycles. The second kappa shape index (κ2) is 7.82. The van der Waals surface area contributed by atoms with Crippen molar-refractivity contribution in [3.63, 3.8) is 0 Å². The molecule has 0 saturated heterocycles. The van der Waals surface area contributed by atoms with Crippen LogP contribution in [0.5, 0.6) is 11.5 Å². The number of benzene rings is 1. The first-order valence-corrected chi connectivity index (χ1v) is 8.61. The fraction of sp³-hybridized carbons (Fsp3) is 0.375. The first-order chi connectivity index (χ1) is 10.2. The van der Waals surface area contributed by atoms with Crippen LogP contribution in [0.2, 0.25) is 0 Å². The number of halogens is 1. The van der Waals surface area contributed by atoms with E-state index in [4.69, 9.17) is 9.47 Å². The minimum atomic E-state index is 0.120. The van der Waals surface area contributed by atoms with E-state index < -0.39 is 0 Å². The average Bonchev–Trinajstić information content (AvgIpc) is 2.93. The summed E-state index contributed by atoms with van der Waals surface area (Å²) in [6.45, 7) is 3.12. The third kappa shape index (κ3) is 3.99. The van der Waals surface area contributed by atoms with E-state index in [2.05, 4.69) is 51.1 Å². The quantitative estimate of drug-likeness (QED) is 0.772. The van der Waals surface area contributed by atoms with Gasteiger partial charge in [0, 0.05) is 15.9 Å². The Bertz CT molecular complexity index is 563. The molecule has 0 radical (unpaired) electrons. The Morgan fingerprint density at radius 1 is 1.14 bits per heavy atom. The highest BCUT2D eigenvalue weighted by atomic mass is 79.9. The lowest BCUT2D eigenvalue weighted by atomic mass is 10.0. The van der Waals surface area contributed by atoms with Crippen LogP contribution in [0.15, 0.2) is 33.4 Å². The molecule has 2 rings (SSSR count). The third-order valence-corrected chi connectivity index (χ3v) is 5.01. The van der Waals surface area contributed by atoms with Crippen molar-refractivity contribution >= 4 is 27.3 Å². The molecule has 0 aliphatic heterocycles. The Kier molecular flexibility index (Phi) is 6.08. The van der Waals surface area contributed by atoms with E-state index in [0.29, 0.717) is 0 Å². The van der Waals surface area contributed by atoms with Crippen LogP contribution < -0.4 is 14.8 Å². The number of thiophene rings is 1. The third-order valence-electron chi connectivity index (χ3n) is 3.26. The van der Waals surface area contributed by atoms with E-state index in [1.807, 2.05) is 6.07 Å². The molecule has 0 bridgehead atoms. The molecule has 1 aromatic carbocycles. The molecule has 1 N–H and O–H groups in total. The SMILES string of the molecule is CCCNC(c1cc(OC)cc(OC)c1)c1cscc1Br. The smallest absolute Gasteiger partial charge is 0.122 e. The Morgan fingerprint density at radius 2 is 1.81 bits per heavy atom. The van der Waals surface area contributed by atoms with Gasteiger partial charge in [-0.05, 0) is 57.5 Å². The highest BCUT2D eigenvalue weighted by molar-refractivity contribution is 9.10. The van der Waals surface area contributed by atoms with Crippen molar-refractivity contribution in [3.8, 4) is 11.5 Å². The Hall–Kier alpha value is -1.04. The molecule has 0 aliphatic carbocycles. The zero-order valence-electron chi connectivity index (χ0n) is 12.5. The number of methoxy groups -OCH3 is 2. The van der Waals surface area contributed by atoms with Gasteiger partial charge < -0.3 is 14.8 Å². The highest BCUT2D eigenvalue weighted by Crippen LogP contribution is 2.35. The molecule has 0 spiro atoms. The summed E-state index contributed by atoms with van der Waals surface area (Å²) in [5.74, 6) is 1.61. The van der Waals surface area contributed by atoms with Crippen molar-refractivity contribution in [3.05, 3.63) is 44.6 Å². The summed E-state index contributed by atoms with van der Waals surface area (Å²) in [7, 11) is 3.35. The molecule has 0 fully saturated rings. The molecule has 3 nitrogen and oxygen atoms in total. The largest absolute Gasteiger partial charge is 0.497 e. The summed E-state index contributed by atoms with van der Waals surface area (Å²) in [5, 5.41) is 7.87. The minimum absolute atomic E-state index is 0.120. The van der Waals surface area contributed by atoms with Crippen LogP contribution >= 0.6 is 27.3 Å². The Balaban J connectivity index is 2.43. The molecule has 0 saturated carbocycles. The van der Waals surface area contributed by atoms with Crippen LogP contribution in [0.25, 0.3) is 0 Å². The van der Waals surface area contributed by atoms with Crippen LogP contribution in [-0.2, 0) is 0 Å². The maximum Gasteiger partial charge on any atom is 0.122 e. The predicted molar refractivity (Wildman–Crippen MR) is 91.7 cm³/mol. The monoisotopic (exact) mass is 369 g/mol. The van der Waals surface area contributed by atoms with Crippen molar-refractivity contribution in [1.82, 2.24) is 5.32 Å². The second-order valence-corrected chi connectivity index (χ2v) is 6.31. The maximum absolute atomic E-state index is 5.38. The van der Waals surface area contributed by atoms with Gasteiger partial charge in [0.25, 0.3) is 0 Å². The van der Waals surface area contributed by atoms with Gasteiger partial charge in [0.05, 0.1) is 20.3 Å². The van der Waals surface area contributed by atoms with E-state index in [9.17, 15) is 0 Å². The van der Waals surface area contributed by atoms with Crippen LogP contribution in [0.4, 0.5) is 0 Å². The molecule has 0 aliphatic rings. The molecular formula is C16H20BrNO2S. The summed E-state index contributed by atoms with van der Waals surface area (Å²) >= 11 is 5.33. The summed E-state index contributed by atoms with van der Waals surface area (Å²) in [5.41, 5.74) is 2.38. The van der Waals surface area contributed by atoms with Crippen LogP contribution in [-0.4, -0.2) is 20.8 Å². The van der Waals surface area contributed by atoms with Crippen molar-refractivity contribution in [1.29, 1.82) is 0 Å². The van der Waals surface area contributed by atoms with Gasteiger partial charge >= 0.3 is 0 Å². The first kappa shape index (κ1) is 16.3. The van der Waals surface area contributed by atoms with Gasteiger partial charge in [-0.1, -0.05) is 6.92 Å². The van der Waals surface area contributed by atoms with Crippen LogP contribution in [0.3, 0.4) is 0 Å². The van der Waals surface area contributed by atoms with Crippen LogP contribution in [0, 0.1) is 0 Å². The molecule has 21 heavy (non-hydrogen) atoms. The lowest BCUT2D eigenvalue weighted by Crippen LogP contribution is -2.23. The van der Waals surface area contributed by atoms with Gasteiger partial charge in [0.15, 0.2) is 0 Å². The maximum atomic E-state index is 5.38. The normalized spacial score (nSPS) is 12.2. The topological polar surface area (TPSA) is 30.5 Å². The summed E-state index contributed by atoms with van der Waals surface area (Å²) in [6.07, 6.45) is 1.08. The molecule has 1 atom stereocenters. The number of hydrogen-bond donors (Lipinski definition) is 1. The molecule has 2 aromatic rings. The van der Waals surface area contributed by atoms with Gasteiger partial charge in [-0.15, -0.1) is 0 Å². The highest BCUT2D eigenvalue weighted by Gasteiger charge is 2.18. The molecule has 0 amide bonds. The number of nitrogens with one attached hydrogen (secondary N) is 1. The zero-order chi connectivity index (χ0) is 15.2. The molecule has 5 heteroatoms. The Morgan fingerprint density at radius 3 is 2.29 bits per heavy atom. The lowest BCUT2D eigenvalue weighted by Gasteiger charge is -2.20. The molecule has 114 valence electrons. The van der Waals surface area contributed by atoms with Gasteiger partial charge in [-0.2, -0.15) is 11.3 Å². The van der Waals surface area contributed by atoms with E-state index in [1.165, 1.54) is 5.56 Å². The number of hydrogen-bond acceptors (Lipinski definition) is 4. The van der Waals surface area contributed by atoms with Crippen molar-refractivity contribution in [2.24, 2.45) is 0 Å².